The minimum absolute atomic E-state index is 1.11. The van der Waals surface area contributed by atoms with Gasteiger partial charge >= 0.3 is 24.2 Å². The van der Waals surface area contributed by atoms with Crippen LogP contribution in [0.3, 0.4) is 0 Å². The minimum atomic E-state index is -7.23. The molecule has 2 atom stereocenters. The maximum Gasteiger partial charge on any atom is 0.434 e. The first-order valence-corrected chi connectivity index (χ1v) is 5.37. The SMILES string of the molecule is OCCOCC(F)(C(F)C(F)(C(F)(F)F)C(F)(F)F)C(F)(F)F. The van der Waals surface area contributed by atoms with E-state index < -0.39 is 55.9 Å². The number of aliphatic hydroxyl groups is 1. The number of rotatable bonds is 6. The minimum Gasteiger partial charge on any atom is -0.394 e. The van der Waals surface area contributed by atoms with Crippen LogP contribution in [0.5, 0.6) is 0 Å². The Morgan fingerprint density at radius 1 is 0.739 bits per heavy atom. The van der Waals surface area contributed by atoms with Gasteiger partial charge in [-0.15, -0.1) is 0 Å². The second-order valence-electron chi connectivity index (χ2n) is 4.21. The van der Waals surface area contributed by atoms with Gasteiger partial charge in [-0.1, -0.05) is 0 Å². The van der Waals surface area contributed by atoms with Gasteiger partial charge in [0.05, 0.1) is 19.8 Å². The van der Waals surface area contributed by atoms with E-state index in [4.69, 9.17) is 5.11 Å². The van der Waals surface area contributed by atoms with E-state index in [2.05, 4.69) is 4.74 Å². The molecule has 0 spiro atoms. The van der Waals surface area contributed by atoms with Gasteiger partial charge in [0.2, 0.25) is 0 Å². The highest BCUT2D eigenvalue weighted by atomic mass is 19.4. The van der Waals surface area contributed by atoms with Crippen LogP contribution in [0.4, 0.5) is 52.7 Å². The summed E-state index contributed by atoms with van der Waals surface area (Å²) >= 11 is 0. The van der Waals surface area contributed by atoms with Crippen LogP contribution in [-0.4, -0.2) is 61.0 Å². The molecule has 2 unspecified atom stereocenters. The zero-order valence-electron chi connectivity index (χ0n) is 10.6. The summed E-state index contributed by atoms with van der Waals surface area (Å²) in [6.45, 7) is -5.01. The fourth-order valence-corrected chi connectivity index (χ4v) is 1.35. The van der Waals surface area contributed by atoms with Crippen LogP contribution in [0, 0.1) is 0 Å². The number of alkyl halides is 12. The van der Waals surface area contributed by atoms with Crippen molar-refractivity contribution in [3.05, 3.63) is 0 Å². The fourth-order valence-electron chi connectivity index (χ4n) is 1.35. The number of ether oxygens (including phenoxy) is 1. The summed E-state index contributed by atoms with van der Waals surface area (Å²) in [7, 11) is 0. The van der Waals surface area contributed by atoms with Crippen molar-refractivity contribution in [1.29, 1.82) is 0 Å². The molecule has 0 aromatic heterocycles. The van der Waals surface area contributed by atoms with Gasteiger partial charge < -0.3 is 9.84 Å². The maximum atomic E-state index is 13.6. The second-order valence-corrected chi connectivity index (χ2v) is 4.21. The zero-order chi connectivity index (χ0) is 18.9. The third-order valence-electron chi connectivity index (χ3n) is 2.60. The van der Waals surface area contributed by atoms with Gasteiger partial charge in [-0.25, -0.2) is 13.2 Å². The van der Waals surface area contributed by atoms with Crippen molar-refractivity contribution in [1.82, 2.24) is 0 Å². The van der Waals surface area contributed by atoms with Crippen molar-refractivity contribution in [2.45, 2.75) is 36.0 Å². The Labute approximate surface area is 120 Å². The summed E-state index contributed by atoms with van der Waals surface area (Å²) in [4.78, 5) is 0. The summed E-state index contributed by atoms with van der Waals surface area (Å²) in [6, 6.07) is 0. The first-order valence-electron chi connectivity index (χ1n) is 5.37. The van der Waals surface area contributed by atoms with Crippen LogP contribution < -0.4 is 0 Å². The molecule has 2 nitrogen and oxygen atoms in total. The van der Waals surface area contributed by atoms with Crippen LogP contribution in [0.15, 0.2) is 0 Å². The predicted octanol–water partition coefficient (Wildman–Crippen LogP) is 3.44. The summed E-state index contributed by atoms with van der Waals surface area (Å²) in [5, 5.41) is 8.17. The number of aliphatic hydroxyl groups excluding tert-OH is 1. The van der Waals surface area contributed by atoms with Crippen molar-refractivity contribution in [3.8, 4) is 0 Å². The van der Waals surface area contributed by atoms with E-state index in [1.54, 1.807) is 0 Å². The van der Waals surface area contributed by atoms with Gasteiger partial charge in [-0.3, -0.25) is 0 Å². The van der Waals surface area contributed by atoms with Gasteiger partial charge in [0.25, 0.3) is 5.67 Å². The van der Waals surface area contributed by atoms with E-state index in [1.165, 1.54) is 0 Å². The lowest BCUT2D eigenvalue weighted by atomic mass is 9.85. The molecule has 23 heavy (non-hydrogen) atoms. The quantitative estimate of drug-likeness (QED) is 0.569. The normalized spacial score (nSPS) is 18.7. The number of hydrogen-bond acceptors (Lipinski definition) is 2. The summed E-state index contributed by atoms with van der Waals surface area (Å²) in [5.41, 5.74) is -13.1. The molecule has 0 aromatic rings. The van der Waals surface area contributed by atoms with Crippen molar-refractivity contribution in [2.24, 2.45) is 0 Å². The number of hydrogen-bond donors (Lipinski definition) is 1. The average Bonchev–Trinajstić information content (AvgIpc) is 2.32. The molecular weight excluding hydrogens is 368 g/mol. The van der Waals surface area contributed by atoms with Gasteiger partial charge in [-0.05, 0) is 0 Å². The monoisotopic (exact) mass is 376 g/mol. The first kappa shape index (κ1) is 22.1. The largest absolute Gasteiger partial charge is 0.434 e. The molecule has 0 bridgehead atoms. The highest BCUT2D eigenvalue weighted by Crippen LogP contribution is 2.55. The molecule has 0 aliphatic rings. The summed E-state index contributed by atoms with van der Waals surface area (Å²) in [5.74, 6) is 0. The summed E-state index contributed by atoms with van der Waals surface area (Å²) < 4.78 is 154. The van der Waals surface area contributed by atoms with Gasteiger partial charge in [0, 0.05) is 0 Å². The van der Waals surface area contributed by atoms with Crippen molar-refractivity contribution >= 4 is 0 Å². The van der Waals surface area contributed by atoms with E-state index >= 15 is 0 Å². The van der Waals surface area contributed by atoms with Crippen LogP contribution in [0.25, 0.3) is 0 Å². The molecule has 0 aliphatic carbocycles. The molecule has 0 fully saturated rings. The Hall–Kier alpha value is -0.920. The Kier molecular flexibility index (Phi) is 6.27. The predicted molar refractivity (Wildman–Crippen MR) is 48.6 cm³/mol. The zero-order valence-corrected chi connectivity index (χ0v) is 10.6. The van der Waals surface area contributed by atoms with E-state index in [0.717, 1.165) is 0 Å². The molecule has 1 N–H and O–H groups in total. The third kappa shape index (κ3) is 3.95. The van der Waals surface area contributed by atoms with E-state index in [-0.39, 0.29) is 0 Å². The van der Waals surface area contributed by atoms with Crippen LogP contribution in [-0.2, 0) is 4.74 Å². The second kappa shape index (κ2) is 6.53. The Bertz CT molecular complexity index is 371. The highest BCUT2D eigenvalue weighted by Gasteiger charge is 2.83. The highest BCUT2D eigenvalue weighted by molar-refractivity contribution is 5.11. The topological polar surface area (TPSA) is 29.5 Å². The lowest BCUT2D eigenvalue weighted by Gasteiger charge is -2.39. The van der Waals surface area contributed by atoms with Crippen molar-refractivity contribution < 1.29 is 62.5 Å². The molecule has 0 radical (unpaired) electrons. The van der Waals surface area contributed by atoms with E-state index in [9.17, 15) is 52.7 Å². The van der Waals surface area contributed by atoms with Gasteiger partial charge in [0.15, 0.2) is 6.17 Å². The molecule has 0 saturated heterocycles. The third-order valence-corrected chi connectivity index (χ3v) is 2.60. The van der Waals surface area contributed by atoms with Gasteiger partial charge in [0.1, 0.15) is 0 Å². The molecule has 14 heteroatoms. The van der Waals surface area contributed by atoms with Crippen LogP contribution in [0.2, 0.25) is 0 Å². The van der Waals surface area contributed by atoms with E-state index in [0.29, 0.717) is 0 Å². The molecule has 140 valence electrons. The first-order chi connectivity index (χ1) is 9.97. The van der Waals surface area contributed by atoms with Crippen molar-refractivity contribution in [2.75, 3.05) is 19.8 Å². The maximum absolute atomic E-state index is 13.6. The van der Waals surface area contributed by atoms with Crippen molar-refractivity contribution in [3.63, 3.8) is 0 Å². The fraction of sp³-hybridized carbons (Fsp3) is 1.00. The van der Waals surface area contributed by atoms with E-state index in [1.807, 2.05) is 0 Å². The molecule has 0 aliphatic heterocycles. The smallest absolute Gasteiger partial charge is 0.394 e. The molecule has 0 saturated carbocycles. The average molecular weight is 376 g/mol. The van der Waals surface area contributed by atoms with Crippen LogP contribution >= 0.6 is 0 Å². The van der Waals surface area contributed by atoms with Crippen LogP contribution in [0.1, 0.15) is 0 Å². The lowest BCUT2D eigenvalue weighted by molar-refractivity contribution is -0.385. The molecule has 0 heterocycles. The Balaban J connectivity index is 6.05. The number of halogens is 12. The standard InChI is InChI=1S/C9H8F12O2/c10-4(6(12,8(16,17)18)9(19,20)21)5(11,7(13,14)15)3-23-2-1-22/h4,22H,1-3H2. The molecule has 0 aromatic carbocycles. The molecule has 0 rings (SSSR count). The van der Waals surface area contributed by atoms with Gasteiger partial charge in [-0.2, -0.15) is 39.5 Å². The Morgan fingerprint density at radius 2 is 1.13 bits per heavy atom. The Morgan fingerprint density at radius 3 is 1.39 bits per heavy atom. The lowest BCUT2D eigenvalue weighted by Crippen LogP contribution is -2.69. The molecular formula is C9H8F12O2. The molecule has 0 amide bonds. The summed E-state index contributed by atoms with van der Waals surface area (Å²) in [6.07, 6.45) is -26.9.